The number of hydrogen-bond acceptors (Lipinski definition) is 6. The highest BCUT2D eigenvalue weighted by Crippen LogP contribution is 1.91. The molecule has 0 aliphatic heterocycles. The summed E-state index contributed by atoms with van der Waals surface area (Å²) in [6.07, 6.45) is 0.335. The van der Waals surface area contributed by atoms with Crippen LogP contribution in [-0.2, 0) is 19.1 Å². The van der Waals surface area contributed by atoms with E-state index in [-0.39, 0.29) is 6.61 Å². The number of esters is 2. The lowest BCUT2D eigenvalue weighted by atomic mass is 10.2. The summed E-state index contributed by atoms with van der Waals surface area (Å²) in [4.78, 5) is 21.8. The molecule has 0 aromatic carbocycles. The van der Waals surface area contributed by atoms with Crippen molar-refractivity contribution in [3.05, 3.63) is 0 Å². The predicted molar refractivity (Wildman–Crippen MR) is 49.2 cm³/mol. The van der Waals surface area contributed by atoms with Crippen molar-refractivity contribution < 1.29 is 19.1 Å². The lowest BCUT2D eigenvalue weighted by molar-refractivity contribution is -0.159. The monoisotopic (exact) mass is 204 g/mol. The van der Waals surface area contributed by atoms with Crippen LogP contribution in [0.3, 0.4) is 0 Å². The molecule has 6 nitrogen and oxygen atoms in total. The van der Waals surface area contributed by atoms with Crippen LogP contribution < -0.4 is 11.5 Å². The van der Waals surface area contributed by atoms with Crippen LogP contribution in [0.1, 0.15) is 13.3 Å². The van der Waals surface area contributed by atoms with E-state index in [9.17, 15) is 9.59 Å². The van der Waals surface area contributed by atoms with Gasteiger partial charge in [-0.05, 0) is 19.9 Å². The van der Waals surface area contributed by atoms with Gasteiger partial charge in [-0.25, -0.2) is 4.79 Å². The van der Waals surface area contributed by atoms with Gasteiger partial charge >= 0.3 is 11.9 Å². The summed E-state index contributed by atoms with van der Waals surface area (Å²) >= 11 is 0. The van der Waals surface area contributed by atoms with Gasteiger partial charge in [0.25, 0.3) is 0 Å². The third kappa shape index (κ3) is 5.50. The second kappa shape index (κ2) is 7.28. The molecule has 0 aliphatic rings. The molecule has 82 valence electrons. The zero-order valence-corrected chi connectivity index (χ0v) is 8.19. The van der Waals surface area contributed by atoms with E-state index in [0.29, 0.717) is 13.0 Å². The van der Waals surface area contributed by atoms with Gasteiger partial charge in [0.2, 0.25) is 0 Å². The molecule has 4 N–H and O–H groups in total. The van der Waals surface area contributed by atoms with Crippen LogP contribution >= 0.6 is 0 Å². The Morgan fingerprint density at radius 2 is 2.00 bits per heavy atom. The van der Waals surface area contributed by atoms with Crippen molar-refractivity contribution in [2.75, 3.05) is 19.8 Å². The molecule has 1 atom stereocenters. The normalized spacial score (nSPS) is 11.9. The number of carbonyl (C=O) groups excluding carboxylic acids is 2. The van der Waals surface area contributed by atoms with Crippen LogP contribution in [0.25, 0.3) is 0 Å². The van der Waals surface area contributed by atoms with Crippen LogP contribution in [0.4, 0.5) is 0 Å². The first-order valence-electron chi connectivity index (χ1n) is 4.39. The van der Waals surface area contributed by atoms with E-state index in [1.54, 1.807) is 6.92 Å². The Labute approximate surface area is 82.5 Å². The first-order valence-corrected chi connectivity index (χ1v) is 4.39. The summed E-state index contributed by atoms with van der Waals surface area (Å²) in [5, 5.41) is 0. The third-order valence-corrected chi connectivity index (χ3v) is 1.42. The van der Waals surface area contributed by atoms with Gasteiger partial charge in [0.1, 0.15) is 6.04 Å². The van der Waals surface area contributed by atoms with Crippen molar-refractivity contribution in [2.45, 2.75) is 19.4 Å². The highest BCUT2D eigenvalue weighted by atomic mass is 16.6. The summed E-state index contributed by atoms with van der Waals surface area (Å²) in [5.74, 6) is -1.22. The minimum atomic E-state index is -0.769. The highest BCUT2D eigenvalue weighted by molar-refractivity contribution is 5.79. The second-order valence-corrected chi connectivity index (χ2v) is 2.60. The van der Waals surface area contributed by atoms with E-state index in [0.717, 1.165) is 0 Å². The maximum Gasteiger partial charge on any atom is 0.344 e. The van der Waals surface area contributed by atoms with Crippen molar-refractivity contribution in [1.29, 1.82) is 0 Å². The van der Waals surface area contributed by atoms with Gasteiger partial charge in [0.15, 0.2) is 6.61 Å². The Bertz CT molecular complexity index is 196. The smallest absolute Gasteiger partial charge is 0.344 e. The zero-order valence-electron chi connectivity index (χ0n) is 8.19. The van der Waals surface area contributed by atoms with Crippen molar-refractivity contribution >= 4 is 11.9 Å². The van der Waals surface area contributed by atoms with E-state index in [2.05, 4.69) is 9.47 Å². The fourth-order valence-electron chi connectivity index (χ4n) is 0.737. The lowest BCUT2D eigenvalue weighted by Gasteiger charge is -2.09. The second-order valence-electron chi connectivity index (χ2n) is 2.60. The van der Waals surface area contributed by atoms with Crippen LogP contribution in [0, 0.1) is 0 Å². The molecule has 0 aromatic heterocycles. The first kappa shape index (κ1) is 12.9. The molecule has 0 amide bonds. The molecule has 0 spiro atoms. The fourth-order valence-corrected chi connectivity index (χ4v) is 0.737. The summed E-state index contributed by atoms with van der Waals surface area (Å²) in [6.45, 7) is 1.83. The molecule has 0 radical (unpaired) electrons. The molecule has 0 aromatic rings. The van der Waals surface area contributed by atoms with Crippen molar-refractivity contribution in [2.24, 2.45) is 11.5 Å². The topological polar surface area (TPSA) is 105 Å². The Morgan fingerprint density at radius 1 is 1.36 bits per heavy atom. The third-order valence-electron chi connectivity index (χ3n) is 1.42. The maximum absolute atomic E-state index is 11.0. The molecule has 0 fully saturated rings. The summed E-state index contributed by atoms with van der Waals surface area (Å²) in [7, 11) is 0. The molecule has 0 saturated carbocycles. The highest BCUT2D eigenvalue weighted by Gasteiger charge is 2.15. The van der Waals surface area contributed by atoms with Gasteiger partial charge in [0, 0.05) is 0 Å². The number of carbonyl (C=O) groups is 2. The quantitative estimate of drug-likeness (QED) is 0.525. The molecular weight excluding hydrogens is 188 g/mol. The SMILES string of the molecule is CCOC(=O)COC(=O)C(N)CCN. The minimum Gasteiger partial charge on any atom is -0.463 e. The van der Waals surface area contributed by atoms with E-state index in [4.69, 9.17) is 11.5 Å². The largest absolute Gasteiger partial charge is 0.463 e. The Morgan fingerprint density at radius 3 is 2.50 bits per heavy atom. The Hall–Kier alpha value is -1.14. The van der Waals surface area contributed by atoms with E-state index in [1.807, 2.05) is 0 Å². The summed E-state index contributed by atoms with van der Waals surface area (Å²) < 4.78 is 9.13. The van der Waals surface area contributed by atoms with Gasteiger partial charge in [-0.2, -0.15) is 0 Å². The standard InChI is InChI=1S/C8H16N2O4/c1-2-13-7(11)5-14-8(12)6(10)3-4-9/h6H,2-5,9-10H2,1H3. The Kier molecular flexibility index (Phi) is 6.69. The maximum atomic E-state index is 11.0. The number of ether oxygens (including phenoxy) is 2. The average molecular weight is 204 g/mol. The molecular formula is C8H16N2O4. The van der Waals surface area contributed by atoms with Crippen molar-refractivity contribution in [3.63, 3.8) is 0 Å². The van der Waals surface area contributed by atoms with Gasteiger partial charge in [-0.15, -0.1) is 0 Å². The number of nitrogens with two attached hydrogens (primary N) is 2. The van der Waals surface area contributed by atoms with Gasteiger partial charge in [0.05, 0.1) is 6.61 Å². The van der Waals surface area contributed by atoms with E-state index in [1.165, 1.54) is 0 Å². The van der Waals surface area contributed by atoms with Crippen LogP contribution in [-0.4, -0.2) is 37.7 Å². The Balaban J connectivity index is 3.67. The van der Waals surface area contributed by atoms with E-state index >= 15 is 0 Å². The van der Waals surface area contributed by atoms with Gasteiger partial charge in [-0.3, -0.25) is 4.79 Å². The van der Waals surface area contributed by atoms with Crippen molar-refractivity contribution in [1.82, 2.24) is 0 Å². The molecule has 0 rings (SSSR count). The number of rotatable bonds is 6. The summed E-state index contributed by atoms with van der Waals surface area (Å²) in [5.41, 5.74) is 10.6. The fraction of sp³-hybridized carbons (Fsp3) is 0.750. The molecule has 14 heavy (non-hydrogen) atoms. The lowest BCUT2D eigenvalue weighted by Crippen LogP contribution is -2.35. The molecule has 0 saturated heterocycles. The number of hydrogen-bond donors (Lipinski definition) is 2. The predicted octanol–water partition coefficient (Wildman–Crippen LogP) is -1.23. The zero-order chi connectivity index (χ0) is 11.0. The molecule has 6 heteroatoms. The first-order chi connectivity index (χ1) is 6.61. The molecule has 1 unspecified atom stereocenters. The van der Waals surface area contributed by atoms with Gasteiger partial charge in [-0.1, -0.05) is 0 Å². The van der Waals surface area contributed by atoms with Crippen LogP contribution in [0.15, 0.2) is 0 Å². The minimum absolute atomic E-state index is 0.255. The average Bonchev–Trinajstić information content (AvgIpc) is 2.15. The molecule has 0 aliphatic carbocycles. The van der Waals surface area contributed by atoms with Crippen molar-refractivity contribution in [3.8, 4) is 0 Å². The van der Waals surface area contributed by atoms with Crippen LogP contribution in [0.2, 0.25) is 0 Å². The van der Waals surface area contributed by atoms with E-state index < -0.39 is 24.6 Å². The molecule has 0 heterocycles. The van der Waals surface area contributed by atoms with Gasteiger partial charge < -0.3 is 20.9 Å². The summed E-state index contributed by atoms with van der Waals surface area (Å²) in [6, 6.07) is -0.769. The van der Waals surface area contributed by atoms with Crippen LogP contribution in [0.5, 0.6) is 0 Å². The molecule has 0 bridgehead atoms.